The zero-order valence-electron chi connectivity index (χ0n) is 11.8. The average Bonchev–Trinajstić information content (AvgIpc) is 2.29. The second kappa shape index (κ2) is 8.21. The van der Waals surface area contributed by atoms with Crippen LogP contribution in [0.5, 0.6) is 0 Å². The van der Waals surface area contributed by atoms with Crippen molar-refractivity contribution >= 4 is 19.7 Å². The van der Waals surface area contributed by atoms with E-state index in [0.29, 0.717) is 6.04 Å². The molecule has 0 fully saturated rings. The Morgan fingerprint density at radius 3 is 2.17 bits per heavy atom. The van der Waals surface area contributed by atoms with Gasteiger partial charge in [-0.1, -0.05) is 56.9 Å². The quantitative estimate of drug-likeness (QED) is 0.571. The minimum absolute atomic E-state index is 0. The summed E-state index contributed by atoms with van der Waals surface area (Å²) in [7, 11) is -1.32. The van der Waals surface area contributed by atoms with Crippen LogP contribution in [0.15, 0.2) is 30.3 Å². The van der Waals surface area contributed by atoms with E-state index >= 15 is 0 Å². The van der Waals surface area contributed by atoms with Crippen LogP contribution < -0.4 is 17.7 Å². The zero-order valence-corrected chi connectivity index (χ0v) is 14.3. The van der Waals surface area contributed by atoms with Gasteiger partial charge < -0.3 is 17.7 Å². The molecule has 0 bridgehead atoms. The molecule has 1 aromatic carbocycles. The predicted molar refractivity (Wildman–Crippen MR) is 79.3 cm³/mol. The molecule has 0 saturated heterocycles. The Kier molecular flexibility index (Phi) is 8.20. The summed E-state index contributed by atoms with van der Waals surface area (Å²) in [5.74, 6) is 0. The fourth-order valence-electron chi connectivity index (χ4n) is 1.98. The monoisotopic (exact) mass is 305 g/mol. The maximum atomic E-state index is 6.72. The number of quaternary nitrogens is 1. The second-order valence-corrected chi connectivity index (χ2v) is 11.9. The first kappa shape index (κ1) is 18.0. The minimum atomic E-state index is -1.32. The van der Waals surface area contributed by atoms with Gasteiger partial charge in [-0.2, -0.15) is 0 Å². The van der Waals surface area contributed by atoms with Crippen LogP contribution in [-0.2, 0) is 0 Å². The van der Waals surface area contributed by atoms with Crippen molar-refractivity contribution < 1.29 is 17.7 Å². The lowest BCUT2D eigenvalue weighted by molar-refractivity contribution is -0.693. The summed E-state index contributed by atoms with van der Waals surface area (Å²) in [5, 5.41) is 2.68. The van der Waals surface area contributed by atoms with Gasteiger partial charge in [0.2, 0.25) is 0 Å². The van der Waals surface area contributed by atoms with Gasteiger partial charge >= 0.3 is 0 Å². The van der Waals surface area contributed by atoms with E-state index in [2.05, 4.69) is 62.2 Å². The van der Waals surface area contributed by atoms with Gasteiger partial charge in [-0.15, -0.1) is 11.6 Å². The van der Waals surface area contributed by atoms with Gasteiger partial charge in [0.05, 0.1) is 19.6 Å². The Hall–Kier alpha value is -0.0231. The van der Waals surface area contributed by atoms with Crippen molar-refractivity contribution in [3.63, 3.8) is 0 Å². The van der Waals surface area contributed by atoms with Gasteiger partial charge in [0.25, 0.3) is 0 Å². The number of rotatable bonds is 6. The minimum Gasteiger partial charge on any atom is -1.00 e. The molecule has 1 nitrogen and oxygen atoms in total. The molecule has 0 aliphatic carbocycles. The molecular weight excluding hydrogens is 281 g/mol. The van der Waals surface area contributed by atoms with Crippen molar-refractivity contribution in [3.05, 3.63) is 35.9 Å². The van der Waals surface area contributed by atoms with Crippen molar-refractivity contribution in [2.45, 2.75) is 44.0 Å². The number of hydrogen-bond donors (Lipinski definition) is 1. The molecule has 0 amide bonds. The number of nitrogens with two attached hydrogens (primary N) is 1. The molecular formula is C14H25Cl2NSi. The van der Waals surface area contributed by atoms with Crippen LogP contribution in [0.4, 0.5) is 0 Å². The molecule has 4 heteroatoms. The number of hydrogen-bond acceptors (Lipinski definition) is 0. The van der Waals surface area contributed by atoms with E-state index in [0.717, 1.165) is 6.54 Å². The third-order valence-corrected chi connectivity index (χ3v) is 7.29. The maximum absolute atomic E-state index is 6.72. The highest BCUT2D eigenvalue weighted by molar-refractivity contribution is 6.84. The third kappa shape index (κ3) is 5.31. The van der Waals surface area contributed by atoms with Crippen LogP contribution in [-0.4, -0.2) is 19.6 Å². The summed E-state index contributed by atoms with van der Waals surface area (Å²) in [5.41, 5.74) is 1.36. The van der Waals surface area contributed by atoms with E-state index in [4.69, 9.17) is 11.6 Å². The molecule has 1 rings (SSSR count). The van der Waals surface area contributed by atoms with E-state index in [-0.39, 0.29) is 17.4 Å². The van der Waals surface area contributed by atoms with Crippen LogP contribution in [0, 0.1) is 0 Å². The van der Waals surface area contributed by atoms with Crippen molar-refractivity contribution in [3.8, 4) is 0 Å². The fraction of sp³-hybridized carbons (Fsp3) is 0.571. The summed E-state index contributed by atoms with van der Waals surface area (Å²) in [6.45, 7) is 10.4. The molecule has 2 N–H and O–H groups in total. The molecule has 0 radical (unpaired) electrons. The largest absolute Gasteiger partial charge is 1.00 e. The molecule has 104 valence electrons. The van der Waals surface area contributed by atoms with Crippen molar-refractivity contribution in [2.24, 2.45) is 0 Å². The normalized spacial score (nSPS) is 14.7. The summed E-state index contributed by atoms with van der Waals surface area (Å²) in [4.78, 5) is 0. The van der Waals surface area contributed by atoms with Gasteiger partial charge in [-0.3, -0.25) is 0 Å². The molecule has 0 aliphatic heterocycles. The first-order chi connectivity index (χ1) is 7.96. The summed E-state index contributed by atoms with van der Waals surface area (Å²) in [6.07, 6.45) is 1.19. The van der Waals surface area contributed by atoms with Crippen LogP contribution >= 0.6 is 11.6 Å². The van der Waals surface area contributed by atoms with Gasteiger partial charge in [0, 0.05) is 5.56 Å². The van der Waals surface area contributed by atoms with Crippen LogP contribution in [0.1, 0.15) is 24.9 Å². The van der Waals surface area contributed by atoms with Crippen LogP contribution in [0.25, 0.3) is 0 Å². The summed E-state index contributed by atoms with van der Waals surface area (Å²) < 4.78 is 0. The highest BCUT2D eigenvalue weighted by Gasteiger charge is 2.35. The Balaban J connectivity index is 0.00000289. The van der Waals surface area contributed by atoms with E-state index < -0.39 is 8.07 Å². The standard InChI is InChI=1S/C14H24ClNSi.ClH/c1-5-11-16-13(14(15)17(2,3)4)12-9-7-6-8-10-12;/h6-10,13-14,16H,5,11H2,1-4H3;1H/t13-,14-;/m1./s1. The predicted octanol–water partition coefficient (Wildman–Crippen LogP) is 0.190. The highest BCUT2D eigenvalue weighted by Crippen LogP contribution is 2.25. The van der Waals surface area contributed by atoms with Gasteiger partial charge in [-0.25, -0.2) is 0 Å². The third-order valence-electron chi connectivity index (χ3n) is 3.04. The van der Waals surface area contributed by atoms with Gasteiger partial charge in [0.15, 0.2) is 0 Å². The Labute approximate surface area is 124 Å². The van der Waals surface area contributed by atoms with Crippen LogP contribution in [0.2, 0.25) is 19.6 Å². The average molecular weight is 306 g/mol. The molecule has 0 spiro atoms. The second-order valence-electron chi connectivity index (χ2n) is 5.73. The lowest BCUT2D eigenvalue weighted by Crippen LogP contribution is -3.00. The summed E-state index contributed by atoms with van der Waals surface area (Å²) >= 11 is 6.72. The van der Waals surface area contributed by atoms with E-state index in [1.165, 1.54) is 12.0 Å². The van der Waals surface area contributed by atoms with Gasteiger partial charge in [-0.05, 0) is 6.42 Å². The first-order valence-corrected chi connectivity index (χ1v) is 10.5. The maximum Gasteiger partial charge on any atom is 0.125 e. The van der Waals surface area contributed by atoms with E-state index in [9.17, 15) is 0 Å². The molecule has 2 atom stereocenters. The Morgan fingerprint density at radius 1 is 1.17 bits per heavy atom. The molecule has 0 aromatic heterocycles. The highest BCUT2D eigenvalue weighted by atomic mass is 35.5. The molecule has 0 aliphatic rings. The Morgan fingerprint density at radius 2 is 1.72 bits per heavy atom. The molecule has 1 aromatic rings. The smallest absolute Gasteiger partial charge is 0.125 e. The lowest BCUT2D eigenvalue weighted by Gasteiger charge is -2.29. The van der Waals surface area contributed by atoms with Crippen molar-refractivity contribution in [1.29, 1.82) is 0 Å². The van der Waals surface area contributed by atoms with Gasteiger partial charge in [0.1, 0.15) is 6.04 Å². The van der Waals surface area contributed by atoms with E-state index in [1.54, 1.807) is 0 Å². The number of benzene rings is 1. The first-order valence-electron chi connectivity index (χ1n) is 6.49. The molecule has 0 heterocycles. The number of alkyl halides is 1. The van der Waals surface area contributed by atoms with Crippen molar-refractivity contribution in [1.82, 2.24) is 0 Å². The molecule has 18 heavy (non-hydrogen) atoms. The topological polar surface area (TPSA) is 16.6 Å². The van der Waals surface area contributed by atoms with Crippen molar-refractivity contribution in [2.75, 3.05) is 6.54 Å². The summed E-state index contributed by atoms with van der Waals surface area (Å²) in [6, 6.07) is 11.1. The Bertz CT molecular complexity index is 324. The SMILES string of the molecule is CCC[NH2+][C@H](c1ccccc1)[C@H](Cl)[Si](C)(C)C.[Cl-]. The molecule has 0 saturated carbocycles. The zero-order chi connectivity index (χ0) is 12.9. The number of halogens is 2. The van der Waals surface area contributed by atoms with Crippen LogP contribution in [0.3, 0.4) is 0 Å². The fourth-order valence-corrected chi connectivity index (χ4v) is 3.64. The molecule has 0 unspecified atom stereocenters. The van der Waals surface area contributed by atoms with E-state index in [1.807, 2.05) is 0 Å². The lowest BCUT2D eigenvalue weighted by atomic mass is 10.1.